The fraction of sp³-hybridized carbons (Fsp3) is 0.278. The number of anilines is 2. The molecule has 1 aromatic heterocycles. The molecule has 0 saturated carbocycles. The van der Waals surface area contributed by atoms with Gasteiger partial charge in [-0.1, -0.05) is 0 Å². The maximum Gasteiger partial charge on any atom is 0.248 e. The van der Waals surface area contributed by atoms with Gasteiger partial charge >= 0.3 is 0 Å². The summed E-state index contributed by atoms with van der Waals surface area (Å²) < 4.78 is 0. The Hall–Kier alpha value is -2.34. The fourth-order valence-corrected chi connectivity index (χ4v) is 3.44. The van der Waals surface area contributed by atoms with Crippen LogP contribution in [0.1, 0.15) is 11.3 Å². The van der Waals surface area contributed by atoms with Gasteiger partial charge in [0.1, 0.15) is 0 Å². The Morgan fingerprint density at radius 1 is 1.29 bits per heavy atom. The molecule has 2 heterocycles. The number of carbonyl (C=O) groups is 1. The van der Waals surface area contributed by atoms with E-state index in [9.17, 15) is 4.79 Å². The summed E-state index contributed by atoms with van der Waals surface area (Å²) in [6, 6.07) is 6.18. The minimum absolute atomic E-state index is 0.175. The minimum atomic E-state index is -0.175. The molecule has 0 atom stereocenters. The predicted molar refractivity (Wildman–Crippen MR) is 100 cm³/mol. The van der Waals surface area contributed by atoms with Crippen LogP contribution in [-0.4, -0.2) is 40.5 Å². The van der Waals surface area contributed by atoms with Gasteiger partial charge in [-0.05, 0) is 36.8 Å². The number of nitrogens with zero attached hydrogens (tertiary/aromatic N) is 3. The number of hydrogen-bond acceptors (Lipinski definition) is 5. The Kier molecular flexibility index (Phi) is 5.48. The first-order valence-corrected chi connectivity index (χ1v) is 9.06. The zero-order valence-electron chi connectivity index (χ0n) is 13.6. The smallest absolute Gasteiger partial charge is 0.248 e. The van der Waals surface area contributed by atoms with Crippen molar-refractivity contribution in [3.8, 4) is 0 Å². The second-order valence-electron chi connectivity index (χ2n) is 5.55. The van der Waals surface area contributed by atoms with E-state index < -0.39 is 0 Å². The molecule has 24 heavy (non-hydrogen) atoms. The van der Waals surface area contributed by atoms with Gasteiger partial charge in [0, 0.05) is 54.4 Å². The van der Waals surface area contributed by atoms with Crippen LogP contribution in [0.15, 0.2) is 42.9 Å². The lowest BCUT2D eigenvalue weighted by molar-refractivity contribution is -0.111. The third-order valence-electron chi connectivity index (χ3n) is 3.83. The van der Waals surface area contributed by atoms with Gasteiger partial charge < -0.3 is 10.2 Å². The number of nitrogens with one attached hydrogen (secondary N) is 1. The van der Waals surface area contributed by atoms with Crippen LogP contribution in [0.2, 0.25) is 0 Å². The summed E-state index contributed by atoms with van der Waals surface area (Å²) >= 11 is 2.00. The van der Waals surface area contributed by atoms with E-state index in [-0.39, 0.29) is 5.91 Å². The van der Waals surface area contributed by atoms with E-state index in [2.05, 4.69) is 32.3 Å². The molecule has 1 saturated heterocycles. The molecular weight excluding hydrogens is 320 g/mol. The minimum Gasteiger partial charge on any atom is -0.370 e. The molecule has 5 nitrogen and oxygen atoms in total. The Morgan fingerprint density at radius 2 is 2.12 bits per heavy atom. The SMILES string of the molecule is Cc1cc(N2CCSCC2)ccc1NC(=O)C=Cc1cnccn1. The van der Waals surface area contributed by atoms with Crippen molar-refractivity contribution in [3.63, 3.8) is 0 Å². The first-order chi connectivity index (χ1) is 11.7. The van der Waals surface area contributed by atoms with Crippen molar-refractivity contribution >= 4 is 35.1 Å². The molecule has 3 rings (SSSR count). The van der Waals surface area contributed by atoms with Crippen molar-refractivity contribution in [3.05, 3.63) is 54.1 Å². The number of carbonyl (C=O) groups excluding carboxylic acids is 1. The van der Waals surface area contributed by atoms with E-state index in [1.54, 1.807) is 24.7 Å². The van der Waals surface area contributed by atoms with Gasteiger partial charge in [-0.25, -0.2) is 0 Å². The number of benzene rings is 1. The standard InChI is InChI=1S/C18H20N4OS/c1-14-12-16(22-8-10-24-11-9-22)3-4-17(14)21-18(23)5-2-15-13-19-6-7-20-15/h2-7,12-13H,8-11H2,1H3,(H,21,23). The number of thioether (sulfide) groups is 1. The molecular formula is C18H20N4OS. The van der Waals surface area contributed by atoms with Gasteiger partial charge in [-0.15, -0.1) is 0 Å². The Bertz CT molecular complexity index is 727. The summed E-state index contributed by atoms with van der Waals surface area (Å²) in [7, 11) is 0. The van der Waals surface area contributed by atoms with Gasteiger partial charge in [0.15, 0.2) is 0 Å². The van der Waals surface area contributed by atoms with E-state index in [0.29, 0.717) is 5.69 Å². The highest BCUT2D eigenvalue weighted by molar-refractivity contribution is 7.99. The molecule has 1 aliphatic heterocycles. The van der Waals surface area contributed by atoms with Gasteiger partial charge in [0.05, 0.1) is 11.9 Å². The Labute approximate surface area is 146 Å². The highest BCUT2D eigenvalue weighted by atomic mass is 32.2. The van der Waals surface area contributed by atoms with Gasteiger partial charge in [-0.2, -0.15) is 11.8 Å². The van der Waals surface area contributed by atoms with Gasteiger partial charge in [-0.3, -0.25) is 14.8 Å². The Morgan fingerprint density at radius 3 is 2.83 bits per heavy atom. The lowest BCUT2D eigenvalue weighted by Gasteiger charge is -2.29. The average Bonchev–Trinajstić information content (AvgIpc) is 2.63. The average molecular weight is 340 g/mol. The molecule has 0 aliphatic carbocycles. The zero-order chi connectivity index (χ0) is 16.8. The van der Waals surface area contributed by atoms with E-state index in [1.807, 2.05) is 24.8 Å². The quantitative estimate of drug-likeness (QED) is 0.867. The first kappa shape index (κ1) is 16.5. The molecule has 0 unspecified atom stereocenters. The second kappa shape index (κ2) is 7.97. The van der Waals surface area contributed by atoms with Crippen LogP contribution < -0.4 is 10.2 Å². The molecule has 0 radical (unpaired) electrons. The van der Waals surface area contributed by atoms with Crippen LogP contribution in [0.25, 0.3) is 6.08 Å². The maximum absolute atomic E-state index is 12.1. The normalized spacial score (nSPS) is 14.8. The zero-order valence-corrected chi connectivity index (χ0v) is 14.4. The summed E-state index contributed by atoms with van der Waals surface area (Å²) in [5.74, 6) is 2.17. The van der Waals surface area contributed by atoms with Crippen molar-refractivity contribution in [1.82, 2.24) is 9.97 Å². The van der Waals surface area contributed by atoms with Crippen LogP contribution in [0.4, 0.5) is 11.4 Å². The monoisotopic (exact) mass is 340 g/mol. The predicted octanol–water partition coefficient (Wildman–Crippen LogP) is 2.99. The van der Waals surface area contributed by atoms with E-state index in [1.165, 1.54) is 23.3 Å². The molecule has 1 amide bonds. The molecule has 6 heteroatoms. The molecule has 0 bridgehead atoms. The summed E-state index contributed by atoms with van der Waals surface area (Å²) in [6.07, 6.45) is 7.93. The Balaban J connectivity index is 1.64. The number of rotatable bonds is 4. The topological polar surface area (TPSA) is 58.1 Å². The first-order valence-electron chi connectivity index (χ1n) is 7.91. The van der Waals surface area contributed by atoms with Crippen LogP contribution in [0, 0.1) is 6.92 Å². The van der Waals surface area contributed by atoms with Crippen LogP contribution in [0.3, 0.4) is 0 Å². The highest BCUT2D eigenvalue weighted by Gasteiger charge is 2.12. The number of amides is 1. The summed E-state index contributed by atoms with van der Waals surface area (Å²) in [4.78, 5) is 22.5. The lowest BCUT2D eigenvalue weighted by atomic mass is 10.1. The highest BCUT2D eigenvalue weighted by Crippen LogP contribution is 2.25. The van der Waals surface area contributed by atoms with E-state index >= 15 is 0 Å². The second-order valence-corrected chi connectivity index (χ2v) is 6.78. The molecule has 1 N–H and O–H groups in total. The van der Waals surface area contributed by atoms with Gasteiger partial charge in [0.2, 0.25) is 5.91 Å². The lowest BCUT2D eigenvalue weighted by Crippen LogP contribution is -2.32. The van der Waals surface area contributed by atoms with Crippen LogP contribution in [-0.2, 0) is 4.79 Å². The third kappa shape index (κ3) is 4.35. The van der Waals surface area contributed by atoms with Crippen molar-refractivity contribution in [1.29, 1.82) is 0 Å². The number of aromatic nitrogens is 2. The summed E-state index contributed by atoms with van der Waals surface area (Å²) in [6.45, 7) is 4.18. The molecule has 1 aromatic carbocycles. The molecule has 2 aromatic rings. The summed E-state index contributed by atoms with van der Waals surface area (Å²) in [5, 5.41) is 2.91. The number of aryl methyl sites for hydroxylation is 1. The van der Waals surface area contributed by atoms with Gasteiger partial charge in [0.25, 0.3) is 0 Å². The molecule has 1 aliphatic rings. The number of hydrogen-bond donors (Lipinski definition) is 1. The van der Waals surface area contributed by atoms with Crippen molar-refractivity contribution < 1.29 is 4.79 Å². The van der Waals surface area contributed by atoms with E-state index in [0.717, 1.165) is 24.3 Å². The third-order valence-corrected chi connectivity index (χ3v) is 4.78. The van der Waals surface area contributed by atoms with Crippen LogP contribution in [0.5, 0.6) is 0 Å². The van der Waals surface area contributed by atoms with Crippen molar-refractivity contribution in [2.45, 2.75) is 6.92 Å². The summed E-state index contributed by atoms with van der Waals surface area (Å²) in [5.41, 5.74) is 3.77. The largest absolute Gasteiger partial charge is 0.370 e. The molecule has 0 spiro atoms. The van der Waals surface area contributed by atoms with E-state index in [4.69, 9.17) is 0 Å². The fourth-order valence-electron chi connectivity index (χ4n) is 2.54. The molecule has 124 valence electrons. The molecule has 1 fully saturated rings. The maximum atomic E-state index is 12.1. The van der Waals surface area contributed by atoms with Crippen molar-refractivity contribution in [2.24, 2.45) is 0 Å². The van der Waals surface area contributed by atoms with Crippen molar-refractivity contribution in [2.75, 3.05) is 34.8 Å². The van der Waals surface area contributed by atoms with Crippen LogP contribution >= 0.6 is 11.8 Å².